The van der Waals surface area contributed by atoms with Gasteiger partial charge >= 0.3 is 0 Å². The van der Waals surface area contributed by atoms with Gasteiger partial charge in [0.2, 0.25) is 0 Å². The highest BCUT2D eigenvalue weighted by Gasteiger charge is 2.14. The molecule has 1 unspecified atom stereocenters. The number of hydrogen-bond acceptors (Lipinski definition) is 3. The maximum Gasteiger partial charge on any atom is 0.137 e. The second-order valence-electron chi connectivity index (χ2n) is 3.75. The Hall–Kier alpha value is -0.910. The fourth-order valence-electron chi connectivity index (χ4n) is 1.49. The zero-order valence-electron chi connectivity index (χ0n) is 9.60. The second kappa shape index (κ2) is 5.82. The van der Waals surface area contributed by atoms with Crippen molar-refractivity contribution in [1.29, 1.82) is 0 Å². The second-order valence-corrected chi connectivity index (χ2v) is 5.70. The first-order valence-electron chi connectivity index (χ1n) is 5.34. The quantitative estimate of drug-likeness (QED) is 0.917. The summed E-state index contributed by atoms with van der Waals surface area (Å²) in [7, 11) is 0. The van der Waals surface area contributed by atoms with Gasteiger partial charge in [-0.15, -0.1) is 0 Å². The van der Waals surface area contributed by atoms with E-state index < -0.39 is 6.10 Å². The number of benzene rings is 1. The minimum atomic E-state index is -0.710. The third-order valence-corrected chi connectivity index (χ3v) is 3.91. The van der Waals surface area contributed by atoms with Crippen molar-refractivity contribution in [3.63, 3.8) is 0 Å². The number of aromatic nitrogens is 1. The number of aliphatic hydroxyl groups is 1. The average molecular weight is 328 g/mol. The fraction of sp³-hybridized carbons (Fsp3) is 0.154. The van der Waals surface area contributed by atoms with Crippen molar-refractivity contribution in [3.05, 3.63) is 52.4 Å². The van der Waals surface area contributed by atoms with Crippen LogP contribution in [0, 0.1) is 5.82 Å². The topological polar surface area (TPSA) is 33.1 Å². The van der Waals surface area contributed by atoms with Crippen molar-refractivity contribution < 1.29 is 9.50 Å². The van der Waals surface area contributed by atoms with Gasteiger partial charge in [0.25, 0.3) is 0 Å². The lowest BCUT2D eigenvalue weighted by Crippen LogP contribution is -1.96. The SMILES string of the molecule is CC(O)c1cccc(F)c1Sc1ccc(Br)cn1. The van der Waals surface area contributed by atoms with Gasteiger partial charge in [-0.2, -0.15) is 0 Å². The molecule has 1 aromatic carbocycles. The lowest BCUT2D eigenvalue weighted by atomic mass is 10.1. The van der Waals surface area contributed by atoms with Crippen molar-refractivity contribution in [2.24, 2.45) is 0 Å². The van der Waals surface area contributed by atoms with E-state index in [9.17, 15) is 9.50 Å². The van der Waals surface area contributed by atoms with Crippen LogP contribution in [0.1, 0.15) is 18.6 Å². The molecule has 1 N–H and O–H groups in total. The largest absolute Gasteiger partial charge is 0.389 e. The Morgan fingerprint density at radius 3 is 2.72 bits per heavy atom. The van der Waals surface area contributed by atoms with Gasteiger partial charge in [-0.05, 0) is 46.6 Å². The predicted molar refractivity (Wildman–Crippen MR) is 73.1 cm³/mol. The Labute approximate surface area is 117 Å². The molecular weight excluding hydrogens is 317 g/mol. The highest BCUT2D eigenvalue weighted by atomic mass is 79.9. The van der Waals surface area contributed by atoms with E-state index in [2.05, 4.69) is 20.9 Å². The molecule has 1 aromatic heterocycles. The standard InChI is InChI=1S/C13H11BrFNOS/c1-8(17)10-3-2-4-11(15)13(10)18-12-6-5-9(14)7-16-12/h2-8,17H,1H3. The summed E-state index contributed by atoms with van der Waals surface area (Å²) in [5, 5.41) is 10.3. The van der Waals surface area contributed by atoms with Crippen LogP contribution in [-0.2, 0) is 0 Å². The van der Waals surface area contributed by atoms with Crippen LogP contribution < -0.4 is 0 Å². The fourth-order valence-corrected chi connectivity index (χ4v) is 2.70. The summed E-state index contributed by atoms with van der Waals surface area (Å²) in [6, 6.07) is 8.34. The number of hydrogen-bond donors (Lipinski definition) is 1. The molecule has 0 saturated heterocycles. The molecule has 0 radical (unpaired) electrons. The van der Waals surface area contributed by atoms with Gasteiger partial charge in [0.05, 0.1) is 11.0 Å². The van der Waals surface area contributed by atoms with E-state index in [0.717, 1.165) is 4.47 Å². The zero-order chi connectivity index (χ0) is 13.1. The van der Waals surface area contributed by atoms with Crippen LogP contribution in [0.4, 0.5) is 4.39 Å². The van der Waals surface area contributed by atoms with Gasteiger partial charge in [-0.3, -0.25) is 0 Å². The van der Waals surface area contributed by atoms with E-state index in [0.29, 0.717) is 15.5 Å². The molecule has 0 aliphatic rings. The first-order chi connectivity index (χ1) is 8.58. The Balaban J connectivity index is 2.36. The summed E-state index contributed by atoms with van der Waals surface area (Å²) in [5.74, 6) is -0.344. The van der Waals surface area contributed by atoms with Gasteiger partial charge in [0.1, 0.15) is 10.8 Å². The van der Waals surface area contributed by atoms with E-state index in [1.165, 1.54) is 17.8 Å². The van der Waals surface area contributed by atoms with E-state index in [1.54, 1.807) is 31.3 Å². The molecule has 0 saturated carbocycles. The van der Waals surface area contributed by atoms with Crippen LogP contribution in [0.25, 0.3) is 0 Å². The minimum Gasteiger partial charge on any atom is -0.389 e. The average Bonchev–Trinajstić information content (AvgIpc) is 2.34. The summed E-state index contributed by atoms with van der Waals surface area (Å²) in [6.45, 7) is 1.62. The van der Waals surface area contributed by atoms with Gasteiger partial charge in [0, 0.05) is 10.7 Å². The van der Waals surface area contributed by atoms with E-state index in [1.807, 2.05) is 6.07 Å². The normalized spacial score (nSPS) is 12.4. The number of halogens is 2. The third-order valence-electron chi connectivity index (χ3n) is 2.35. The van der Waals surface area contributed by atoms with E-state index in [4.69, 9.17) is 0 Å². The smallest absolute Gasteiger partial charge is 0.137 e. The lowest BCUT2D eigenvalue weighted by Gasteiger charge is -2.11. The van der Waals surface area contributed by atoms with E-state index >= 15 is 0 Å². The molecular formula is C13H11BrFNOS. The van der Waals surface area contributed by atoms with E-state index in [-0.39, 0.29) is 5.82 Å². The summed E-state index contributed by atoms with van der Waals surface area (Å²) >= 11 is 4.51. The van der Waals surface area contributed by atoms with Crippen molar-refractivity contribution in [2.45, 2.75) is 22.9 Å². The number of nitrogens with zero attached hydrogens (tertiary/aromatic N) is 1. The van der Waals surface area contributed by atoms with Gasteiger partial charge in [-0.1, -0.05) is 23.9 Å². The molecule has 0 fully saturated rings. The predicted octanol–water partition coefficient (Wildman–Crippen LogP) is 4.19. The molecule has 94 valence electrons. The van der Waals surface area contributed by atoms with Crippen LogP contribution in [-0.4, -0.2) is 10.1 Å². The Bertz CT molecular complexity index is 545. The Morgan fingerprint density at radius 2 is 2.11 bits per heavy atom. The third kappa shape index (κ3) is 3.10. The molecule has 0 aliphatic heterocycles. The molecule has 0 aliphatic carbocycles. The first kappa shape index (κ1) is 13.5. The highest BCUT2D eigenvalue weighted by molar-refractivity contribution is 9.10. The van der Waals surface area contributed by atoms with Crippen molar-refractivity contribution in [3.8, 4) is 0 Å². The van der Waals surface area contributed by atoms with Crippen molar-refractivity contribution >= 4 is 27.7 Å². The molecule has 2 aromatic rings. The molecule has 0 spiro atoms. The molecule has 2 nitrogen and oxygen atoms in total. The maximum atomic E-state index is 13.8. The monoisotopic (exact) mass is 327 g/mol. The lowest BCUT2D eigenvalue weighted by molar-refractivity contribution is 0.195. The summed E-state index contributed by atoms with van der Waals surface area (Å²) < 4.78 is 14.7. The molecule has 0 amide bonds. The Kier molecular flexibility index (Phi) is 4.37. The summed E-state index contributed by atoms with van der Waals surface area (Å²) in [6.07, 6.45) is 0.948. The highest BCUT2D eigenvalue weighted by Crippen LogP contribution is 2.34. The van der Waals surface area contributed by atoms with Crippen molar-refractivity contribution in [2.75, 3.05) is 0 Å². The van der Waals surface area contributed by atoms with Crippen LogP contribution in [0.5, 0.6) is 0 Å². The van der Waals surface area contributed by atoms with Gasteiger partial charge < -0.3 is 5.11 Å². The molecule has 2 rings (SSSR count). The van der Waals surface area contributed by atoms with Crippen LogP contribution in [0.3, 0.4) is 0 Å². The first-order valence-corrected chi connectivity index (χ1v) is 6.95. The maximum absolute atomic E-state index is 13.8. The number of aliphatic hydroxyl groups excluding tert-OH is 1. The van der Waals surface area contributed by atoms with Gasteiger partial charge in [0.15, 0.2) is 0 Å². The minimum absolute atomic E-state index is 0.344. The van der Waals surface area contributed by atoms with Crippen LogP contribution in [0.2, 0.25) is 0 Å². The molecule has 0 bridgehead atoms. The summed E-state index contributed by atoms with van der Waals surface area (Å²) in [5.41, 5.74) is 0.574. The molecule has 1 heterocycles. The molecule has 5 heteroatoms. The number of rotatable bonds is 3. The van der Waals surface area contributed by atoms with Crippen molar-refractivity contribution in [1.82, 2.24) is 4.98 Å². The van der Waals surface area contributed by atoms with Gasteiger partial charge in [-0.25, -0.2) is 9.37 Å². The molecule has 18 heavy (non-hydrogen) atoms. The molecule has 1 atom stereocenters. The summed E-state index contributed by atoms with van der Waals surface area (Å²) in [4.78, 5) is 4.60. The van der Waals surface area contributed by atoms with Crippen LogP contribution >= 0.6 is 27.7 Å². The number of pyridine rings is 1. The Morgan fingerprint density at radius 1 is 1.33 bits per heavy atom. The zero-order valence-corrected chi connectivity index (χ0v) is 12.0. The van der Waals surface area contributed by atoms with Crippen LogP contribution in [0.15, 0.2) is 50.9 Å².